The number of rotatable bonds is 4. The molecule has 0 saturated heterocycles. The molecule has 0 unspecified atom stereocenters. The number of carboxylic acids is 1. The van der Waals surface area contributed by atoms with Crippen LogP contribution < -0.4 is 4.74 Å². The van der Waals surface area contributed by atoms with Crippen molar-refractivity contribution in [3.63, 3.8) is 0 Å². The van der Waals surface area contributed by atoms with Crippen molar-refractivity contribution in [1.82, 2.24) is 0 Å². The van der Waals surface area contributed by atoms with Crippen LogP contribution in [-0.4, -0.2) is 11.1 Å². The quantitative estimate of drug-likeness (QED) is 0.924. The van der Waals surface area contributed by atoms with Crippen molar-refractivity contribution in [2.75, 3.05) is 0 Å². The van der Waals surface area contributed by atoms with Gasteiger partial charge in [0.05, 0.1) is 0 Å². The fourth-order valence-electron chi connectivity index (χ4n) is 1.91. The van der Waals surface area contributed by atoms with E-state index in [9.17, 15) is 9.18 Å². The minimum absolute atomic E-state index is 0.129. The van der Waals surface area contributed by atoms with Gasteiger partial charge in [0.15, 0.2) is 0 Å². The van der Waals surface area contributed by atoms with Crippen LogP contribution in [-0.2, 0) is 6.61 Å². The Kier molecular flexibility index (Phi) is 4.03. The van der Waals surface area contributed by atoms with Gasteiger partial charge in [-0.15, -0.1) is 0 Å². The first-order chi connectivity index (χ1) is 9.47. The van der Waals surface area contributed by atoms with Gasteiger partial charge in [0, 0.05) is 0 Å². The maximum atomic E-state index is 13.0. The summed E-state index contributed by atoms with van der Waals surface area (Å²) >= 11 is 0. The topological polar surface area (TPSA) is 46.5 Å². The molecule has 0 atom stereocenters. The van der Waals surface area contributed by atoms with Crippen LogP contribution in [0.3, 0.4) is 0 Å². The van der Waals surface area contributed by atoms with E-state index in [1.54, 1.807) is 31.2 Å². The second-order valence-electron chi connectivity index (χ2n) is 4.66. The van der Waals surface area contributed by atoms with Crippen LogP contribution >= 0.6 is 0 Å². The Morgan fingerprint density at radius 3 is 2.60 bits per heavy atom. The van der Waals surface area contributed by atoms with Gasteiger partial charge in [0.1, 0.15) is 23.7 Å². The SMILES string of the molecule is Cc1ccc(OCc2ccc(F)cc2C)c(C(=O)O)c1. The molecule has 2 aromatic rings. The fraction of sp³-hybridized carbons (Fsp3) is 0.188. The summed E-state index contributed by atoms with van der Waals surface area (Å²) in [6.07, 6.45) is 0. The van der Waals surface area contributed by atoms with Crippen molar-refractivity contribution in [2.24, 2.45) is 0 Å². The molecule has 1 N–H and O–H groups in total. The predicted molar refractivity (Wildman–Crippen MR) is 73.6 cm³/mol. The van der Waals surface area contributed by atoms with E-state index in [4.69, 9.17) is 9.84 Å². The number of aryl methyl sites for hydroxylation is 2. The van der Waals surface area contributed by atoms with E-state index in [0.29, 0.717) is 5.75 Å². The van der Waals surface area contributed by atoms with Gasteiger partial charge in [-0.2, -0.15) is 0 Å². The molecule has 0 fully saturated rings. The van der Waals surface area contributed by atoms with Crippen LogP contribution in [0.2, 0.25) is 0 Å². The molecule has 0 aliphatic carbocycles. The number of halogens is 1. The van der Waals surface area contributed by atoms with Gasteiger partial charge >= 0.3 is 5.97 Å². The summed E-state index contributed by atoms with van der Waals surface area (Å²) in [6.45, 7) is 3.81. The number of hydrogen-bond donors (Lipinski definition) is 1. The second-order valence-corrected chi connectivity index (χ2v) is 4.66. The predicted octanol–water partition coefficient (Wildman–Crippen LogP) is 3.72. The first-order valence-corrected chi connectivity index (χ1v) is 6.19. The molecule has 0 aliphatic rings. The molecular weight excluding hydrogens is 259 g/mol. The highest BCUT2D eigenvalue weighted by Gasteiger charge is 2.12. The molecule has 3 nitrogen and oxygen atoms in total. The zero-order valence-electron chi connectivity index (χ0n) is 11.3. The van der Waals surface area contributed by atoms with E-state index >= 15 is 0 Å². The average molecular weight is 274 g/mol. The first-order valence-electron chi connectivity index (χ1n) is 6.19. The van der Waals surface area contributed by atoms with E-state index in [1.807, 2.05) is 6.92 Å². The van der Waals surface area contributed by atoms with E-state index in [1.165, 1.54) is 12.1 Å². The third-order valence-electron chi connectivity index (χ3n) is 3.05. The van der Waals surface area contributed by atoms with Gasteiger partial charge in [-0.1, -0.05) is 17.7 Å². The lowest BCUT2D eigenvalue weighted by molar-refractivity contribution is 0.0691. The lowest BCUT2D eigenvalue weighted by atomic mass is 10.1. The summed E-state index contributed by atoms with van der Waals surface area (Å²) in [5, 5.41) is 9.15. The normalized spacial score (nSPS) is 10.3. The maximum absolute atomic E-state index is 13.0. The van der Waals surface area contributed by atoms with Gasteiger partial charge in [-0.3, -0.25) is 0 Å². The summed E-state index contributed by atoms with van der Waals surface area (Å²) in [6, 6.07) is 9.41. The smallest absolute Gasteiger partial charge is 0.339 e. The Morgan fingerprint density at radius 2 is 1.95 bits per heavy atom. The van der Waals surface area contributed by atoms with Gasteiger partial charge < -0.3 is 9.84 Å². The second kappa shape index (κ2) is 5.74. The lowest BCUT2D eigenvalue weighted by Crippen LogP contribution is -2.04. The molecule has 0 spiro atoms. The molecule has 0 heterocycles. The standard InChI is InChI=1S/C16H15FO3/c1-10-3-6-15(14(7-10)16(18)19)20-9-12-4-5-13(17)8-11(12)2/h3-8H,9H2,1-2H3,(H,18,19). The van der Waals surface area contributed by atoms with Gasteiger partial charge in [-0.05, 0) is 49.2 Å². The Hall–Kier alpha value is -2.36. The number of hydrogen-bond acceptors (Lipinski definition) is 2. The summed E-state index contributed by atoms with van der Waals surface area (Å²) < 4.78 is 18.6. The monoisotopic (exact) mass is 274 g/mol. The molecule has 4 heteroatoms. The van der Waals surface area contributed by atoms with Gasteiger partial charge in [0.2, 0.25) is 0 Å². The van der Waals surface area contributed by atoms with Crippen molar-refractivity contribution in [2.45, 2.75) is 20.5 Å². The third kappa shape index (κ3) is 3.15. The lowest BCUT2D eigenvalue weighted by Gasteiger charge is -2.11. The number of aromatic carboxylic acids is 1. The summed E-state index contributed by atoms with van der Waals surface area (Å²) in [4.78, 5) is 11.2. The van der Waals surface area contributed by atoms with E-state index in [2.05, 4.69) is 0 Å². The number of benzene rings is 2. The van der Waals surface area contributed by atoms with E-state index in [0.717, 1.165) is 16.7 Å². The van der Waals surface area contributed by atoms with E-state index < -0.39 is 5.97 Å². The molecule has 0 aromatic heterocycles. The molecule has 2 rings (SSSR count). The Labute approximate surface area is 116 Å². The molecule has 0 bridgehead atoms. The molecule has 0 amide bonds. The Balaban J connectivity index is 2.20. The van der Waals surface area contributed by atoms with Crippen LogP contribution in [0.15, 0.2) is 36.4 Å². The van der Waals surface area contributed by atoms with E-state index in [-0.39, 0.29) is 18.0 Å². The average Bonchev–Trinajstić information content (AvgIpc) is 2.38. The zero-order chi connectivity index (χ0) is 14.7. The van der Waals surface area contributed by atoms with Crippen molar-refractivity contribution in [1.29, 1.82) is 0 Å². The largest absolute Gasteiger partial charge is 0.488 e. The molecular formula is C16H15FO3. The minimum atomic E-state index is -1.03. The van der Waals surface area contributed by atoms with Crippen LogP contribution in [0.1, 0.15) is 27.0 Å². The fourth-order valence-corrected chi connectivity index (χ4v) is 1.91. The van der Waals surface area contributed by atoms with Gasteiger partial charge in [-0.25, -0.2) is 9.18 Å². The zero-order valence-corrected chi connectivity index (χ0v) is 11.3. The summed E-state index contributed by atoms with van der Waals surface area (Å²) in [7, 11) is 0. The summed E-state index contributed by atoms with van der Waals surface area (Å²) in [5.74, 6) is -1.01. The highest BCUT2D eigenvalue weighted by Crippen LogP contribution is 2.22. The molecule has 104 valence electrons. The van der Waals surface area contributed by atoms with Crippen LogP contribution in [0.25, 0.3) is 0 Å². The highest BCUT2D eigenvalue weighted by atomic mass is 19.1. The third-order valence-corrected chi connectivity index (χ3v) is 3.05. The molecule has 0 saturated carbocycles. The minimum Gasteiger partial charge on any atom is -0.488 e. The Morgan fingerprint density at radius 1 is 1.20 bits per heavy atom. The maximum Gasteiger partial charge on any atom is 0.339 e. The highest BCUT2D eigenvalue weighted by molar-refractivity contribution is 5.91. The van der Waals surface area contributed by atoms with Gasteiger partial charge in [0.25, 0.3) is 0 Å². The molecule has 20 heavy (non-hydrogen) atoms. The van der Waals surface area contributed by atoms with Crippen molar-refractivity contribution < 1.29 is 19.0 Å². The molecule has 2 aromatic carbocycles. The van der Waals surface area contributed by atoms with Crippen LogP contribution in [0, 0.1) is 19.7 Å². The summed E-state index contributed by atoms with van der Waals surface area (Å²) in [5.41, 5.74) is 2.58. The first kappa shape index (κ1) is 14.1. The van der Waals surface area contributed by atoms with Crippen molar-refractivity contribution in [3.8, 4) is 5.75 Å². The van der Waals surface area contributed by atoms with Crippen LogP contribution in [0.4, 0.5) is 4.39 Å². The van der Waals surface area contributed by atoms with Crippen molar-refractivity contribution >= 4 is 5.97 Å². The number of ether oxygens (including phenoxy) is 1. The molecule has 0 aliphatic heterocycles. The van der Waals surface area contributed by atoms with Crippen molar-refractivity contribution in [3.05, 3.63) is 64.5 Å². The van der Waals surface area contributed by atoms with Crippen LogP contribution in [0.5, 0.6) is 5.75 Å². The molecule has 0 radical (unpaired) electrons. The number of carboxylic acid groups (broad SMARTS) is 1. The number of carbonyl (C=O) groups is 1. The Bertz CT molecular complexity index is 650.